The summed E-state index contributed by atoms with van der Waals surface area (Å²) in [5, 5.41) is 0.133. The summed E-state index contributed by atoms with van der Waals surface area (Å²) in [4.78, 5) is 14.2. The zero-order chi connectivity index (χ0) is 16.4. The molecule has 1 fully saturated rings. The van der Waals surface area contributed by atoms with Crippen LogP contribution in [0, 0.1) is 12.7 Å². The molecule has 3 rings (SSSR count). The minimum Gasteiger partial charge on any atom is -0.370 e. The molecule has 1 aliphatic rings. The number of rotatable bonds is 2. The van der Waals surface area contributed by atoms with Crippen molar-refractivity contribution >= 4 is 17.5 Å². The Kier molecular flexibility index (Phi) is 4.64. The number of aryl methyl sites for hydroxylation is 1. The van der Waals surface area contributed by atoms with E-state index < -0.39 is 11.7 Å². The third-order valence-electron chi connectivity index (χ3n) is 3.98. The molecule has 120 valence electrons. The van der Waals surface area contributed by atoms with Crippen LogP contribution in [0.25, 0.3) is 0 Å². The SMILES string of the molecule is Cc1ccc(C2CN(C(=O)c3c(F)cccc3Cl)CCO2)cc1. The average molecular weight is 334 g/mol. The summed E-state index contributed by atoms with van der Waals surface area (Å²) in [6.07, 6.45) is -0.209. The largest absolute Gasteiger partial charge is 0.370 e. The zero-order valence-corrected chi connectivity index (χ0v) is 13.5. The molecule has 1 unspecified atom stereocenters. The molecule has 0 saturated carbocycles. The molecular formula is C18H17ClFNO2. The van der Waals surface area contributed by atoms with Crippen molar-refractivity contribution in [1.29, 1.82) is 0 Å². The van der Waals surface area contributed by atoms with Crippen LogP contribution >= 0.6 is 11.6 Å². The number of halogens is 2. The summed E-state index contributed by atoms with van der Waals surface area (Å²) in [5.74, 6) is -0.991. The third-order valence-corrected chi connectivity index (χ3v) is 4.29. The van der Waals surface area contributed by atoms with E-state index >= 15 is 0 Å². The Morgan fingerprint density at radius 3 is 2.70 bits per heavy atom. The van der Waals surface area contributed by atoms with Crippen LogP contribution in [0.2, 0.25) is 5.02 Å². The van der Waals surface area contributed by atoms with Crippen LogP contribution in [0.4, 0.5) is 4.39 Å². The van der Waals surface area contributed by atoms with E-state index in [4.69, 9.17) is 16.3 Å². The summed E-state index contributed by atoms with van der Waals surface area (Å²) < 4.78 is 19.7. The number of ether oxygens (including phenoxy) is 1. The summed E-state index contributed by atoms with van der Waals surface area (Å²) in [6.45, 7) is 3.23. The molecular weight excluding hydrogens is 317 g/mol. The normalized spacial score (nSPS) is 18.0. The fourth-order valence-electron chi connectivity index (χ4n) is 2.68. The molecule has 2 aromatic rings. The number of carbonyl (C=O) groups is 1. The quantitative estimate of drug-likeness (QED) is 0.831. The summed E-state index contributed by atoms with van der Waals surface area (Å²) in [7, 11) is 0. The molecule has 1 amide bonds. The van der Waals surface area contributed by atoms with Crippen molar-refractivity contribution in [2.75, 3.05) is 19.7 Å². The summed E-state index contributed by atoms with van der Waals surface area (Å²) in [6, 6.07) is 12.3. The molecule has 1 heterocycles. The van der Waals surface area contributed by atoms with Gasteiger partial charge in [0.05, 0.1) is 23.7 Å². The lowest BCUT2D eigenvalue weighted by atomic mass is 10.1. The van der Waals surface area contributed by atoms with Gasteiger partial charge in [0, 0.05) is 6.54 Å². The van der Waals surface area contributed by atoms with Crippen LogP contribution in [0.3, 0.4) is 0 Å². The molecule has 0 aliphatic carbocycles. The Morgan fingerprint density at radius 2 is 2.00 bits per heavy atom. The van der Waals surface area contributed by atoms with Gasteiger partial charge in [-0.2, -0.15) is 0 Å². The molecule has 5 heteroatoms. The molecule has 1 saturated heterocycles. The van der Waals surface area contributed by atoms with Gasteiger partial charge in [0.25, 0.3) is 5.91 Å². The molecule has 23 heavy (non-hydrogen) atoms. The van der Waals surface area contributed by atoms with Gasteiger partial charge in [-0.25, -0.2) is 4.39 Å². The van der Waals surface area contributed by atoms with Gasteiger partial charge < -0.3 is 9.64 Å². The molecule has 3 nitrogen and oxygen atoms in total. The molecule has 0 spiro atoms. The summed E-state index contributed by atoms with van der Waals surface area (Å²) >= 11 is 6.00. The number of morpholine rings is 1. The van der Waals surface area contributed by atoms with E-state index in [2.05, 4.69) is 0 Å². The van der Waals surface area contributed by atoms with Crippen LogP contribution in [0.15, 0.2) is 42.5 Å². The minimum atomic E-state index is -0.596. The maximum absolute atomic E-state index is 14.0. The molecule has 0 bridgehead atoms. The Hall–Kier alpha value is -1.91. The van der Waals surface area contributed by atoms with Crippen molar-refractivity contribution in [2.45, 2.75) is 13.0 Å². The molecule has 0 aromatic heterocycles. The standard InChI is InChI=1S/C18H17ClFNO2/c1-12-5-7-13(8-6-12)16-11-21(9-10-23-16)18(22)17-14(19)3-2-4-15(17)20/h2-8,16H,9-11H2,1H3. The van der Waals surface area contributed by atoms with E-state index in [0.717, 1.165) is 11.1 Å². The molecule has 0 radical (unpaired) electrons. The van der Waals surface area contributed by atoms with E-state index in [-0.39, 0.29) is 16.7 Å². The van der Waals surface area contributed by atoms with E-state index in [9.17, 15) is 9.18 Å². The number of carbonyl (C=O) groups excluding carboxylic acids is 1. The van der Waals surface area contributed by atoms with Gasteiger partial charge in [0.2, 0.25) is 0 Å². The van der Waals surface area contributed by atoms with Crippen molar-refractivity contribution < 1.29 is 13.9 Å². The van der Waals surface area contributed by atoms with Crippen LogP contribution in [0.1, 0.15) is 27.6 Å². The maximum atomic E-state index is 14.0. The van der Waals surface area contributed by atoms with Gasteiger partial charge in [0.15, 0.2) is 0 Å². The fourth-order valence-corrected chi connectivity index (χ4v) is 2.92. The minimum absolute atomic E-state index is 0.0706. The smallest absolute Gasteiger partial charge is 0.258 e. The van der Waals surface area contributed by atoms with Crippen LogP contribution in [-0.4, -0.2) is 30.5 Å². The van der Waals surface area contributed by atoms with Crippen LogP contribution in [0.5, 0.6) is 0 Å². The second kappa shape index (κ2) is 6.69. The van der Waals surface area contributed by atoms with Crippen molar-refractivity contribution in [3.63, 3.8) is 0 Å². The topological polar surface area (TPSA) is 29.5 Å². The molecule has 2 aromatic carbocycles. The Labute approximate surface area is 139 Å². The number of hydrogen-bond acceptors (Lipinski definition) is 2. The predicted octanol–water partition coefficient (Wildman–Crippen LogP) is 4.00. The predicted molar refractivity (Wildman–Crippen MR) is 87.2 cm³/mol. The Balaban J connectivity index is 1.81. The van der Waals surface area contributed by atoms with Crippen molar-refractivity contribution in [1.82, 2.24) is 4.90 Å². The first-order chi connectivity index (χ1) is 11.1. The highest BCUT2D eigenvalue weighted by Crippen LogP contribution is 2.26. The van der Waals surface area contributed by atoms with E-state index in [0.29, 0.717) is 19.7 Å². The van der Waals surface area contributed by atoms with E-state index in [1.165, 1.54) is 18.2 Å². The van der Waals surface area contributed by atoms with E-state index in [1.54, 1.807) is 4.90 Å². The first kappa shape index (κ1) is 16.0. The maximum Gasteiger partial charge on any atom is 0.258 e. The third kappa shape index (κ3) is 3.38. The Bertz CT molecular complexity index is 697. The second-order valence-electron chi connectivity index (χ2n) is 5.62. The first-order valence-electron chi connectivity index (χ1n) is 7.47. The Morgan fingerprint density at radius 1 is 1.26 bits per heavy atom. The van der Waals surface area contributed by atoms with Gasteiger partial charge in [-0.15, -0.1) is 0 Å². The van der Waals surface area contributed by atoms with Crippen LogP contribution in [-0.2, 0) is 4.74 Å². The van der Waals surface area contributed by atoms with Gasteiger partial charge in [-0.1, -0.05) is 47.5 Å². The van der Waals surface area contributed by atoms with Crippen molar-refractivity contribution in [3.05, 3.63) is 70.0 Å². The van der Waals surface area contributed by atoms with Gasteiger partial charge >= 0.3 is 0 Å². The second-order valence-corrected chi connectivity index (χ2v) is 6.03. The zero-order valence-electron chi connectivity index (χ0n) is 12.8. The first-order valence-corrected chi connectivity index (χ1v) is 7.85. The monoisotopic (exact) mass is 333 g/mol. The number of nitrogens with zero attached hydrogens (tertiary/aromatic N) is 1. The van der Waals surface area contributed by atoms with Gasteiger partial charge in [0.1, 0.15) is 11.9 Å². The lowest BCUT2D eigenvalue weighted by molar-refractivity contribution is -0.0229. The van der Waals surface area contributed by atoms with Crippen molar-refractivity contribution in [2.24, 2.45) is 0 Å². The highest BCUT2D eigenvalue weighted by molar-refractivity contribution is 6.33. The lowest BCUT2D eigenvalue weighted by Crippen LogP contribution is -2.42. The number of hydrogen-bond donors (Lipinski definition) is 0. The fraction of sp³-hybridized carbons (Fsp3) is 0.278. The van der Waals surface area contributed by atoms with E-state index in [1.807, 2.05) is 31.2 Å². The highest BCUT2D eigenvalue weighted by atomic mass is 35.5. The summed E-state index contributed by atoms with van der Waals surface area (Å²) in [5.41, 5.74) is 2.10. The highest BCUT2D eigenvalue weighted by Gasteiger charge is 2.28. The van der Waals surface area contributed by atoms with Gasteiger partial charge in [-0.05, 0) is 24.6 Å². The number of benzene rings is 2. The molecule has 0 N–H and O–H groups in total. The average Bonchev–Trinajstić information content (AvgIpc) is 2.55. The lowest BCUT2D eigenvalue weighted by Gasteiger charge is -2.33. The molecule has 1 atom stereocenters. The molecule has 1 aliphatic heterocycles. The van der Waals surface area contributed by atoms with Crippen molar-refractivity contribution in [3.8, 4) is 0 Å². The van der Waals surface area contributed by atoms with Gasteiger partial charge in [-0.3, -0.25) is 4.79 Å². The number of amides is 1. The van der Waals surface area contributed by atoms with Crippen LogP contribution < -0.4 is 0 Å².